The van der Waals surface area contributed by atoms with Gasteiger partial charge in [-0.05, 0) is 30.7 Å². The fourth-order valence-corrected chi connectivity index (χ4v) is 1.42. The first-order valence-corrected chi connectivity index (χ1v) is 5.07. The third-order valence-electron chi connectivity index (χ3n) is 2.16. The molecule has 1 aromatic heterocycles. The van der Waals surface area contributed by atoms with Crippen LogP contribution in [0.1, 0.15) is 12.5 Å². The average Bonchev–Trinajstić information content (AvgIpc) is 2.74. The molecule has 0 amide bonds. The molecule has 0 aliphatic carbocycles. The average molecular weight is 216 g/mol. The Balaban J connectivity index is 2.17. The summed E-state index contributed by atoms with van der Waals surface area (Å²) in [7, 11) is 0. The van der Waals surface area contributed by atoms with Gasteiger partial charge in [-0.2, -0.15) is 5.10 Å². The Morgan fingerprint density at radius 2 is 2.44 bits per heavy atom. The SMILES string of the molecule is CCOC(=O)C=Cc1ccc2[nH]ncc2c1. The van der Waals surface area contributed by atoms with Gasteiger partial charge in [0.15, 0.2) is 0 Å². The van der Waals surface area contributed by atoms with Crippen LogP contribution in [0.4, 0.5) is 0 Å². The van der Waals surface area contributed by atoms with Crippen molar-refractivity contribution >= 4 is 22.9 Å². The Morgan fingerprint density at radius 1 is 1.56 bits per heavy atom. The van der Waals surface area contributed by atoms with Gasteiger partial charge in [0.2, 0.25) is 0 Å². The van der Waals surface area contributed by atoms with Gasteiger partial charge in [0.1, 0.15) is 0 Å². The molecule has 0 unspecified atom stereocenters. The molecule has 16 heavy (non-hydrogen) atoms. The standard InChI is InChI=1S/C12H12N2O2/c1-2-16-12(15)6-4-9-3-5-11-10(7-9)8-13-14-11/h3-8H,2H2,1H3,(H,13,14). The van der Waals surface area contributed by atoms with Gasteiger partial charge in [-0.1, -0.05) is 6.07 Å². The molecule has 0 aliphatic rings. The Hall–Kier alpha value is -2.10. The Bertz CT molecular complexity index is 529. The molecule has 0 spiro atoms. The molecule has 1 heterocycles. The second-order valence-corrected chi connectivity index (χ2v) is 3.30. The lowest BCUT2D eigenvalue weighted by molar-refractivity contribution is -0.137. The van der Waals surface area contributed by atoms with Crippen LogP contribution in [0.15, 0.2) is 30.5 Å². The van der Waals surface area contributed by atoms with E-state index in [0.717, 1.165) is 16.5 Å². The minimum Gasteiger partial charge on any atom is -0.463 e. The summed E-state index contributed by atoms with van der Waals surface area (Å²) in [6.45, 7) is 2.17. The lowest BCUT2D eigenvalue weighted by atomic mass is 10.1. The number of ether oxygens (including phenoxy) is 1. The monoisotopic (exact) mass is 216 g/mol. The van der Waals surface area contributed by atoms with Crippen LogP contribution in [0.25, 0.3) is 17.0 Å². The number of rotatable bonds is 3. The van der Waals surface area contributed by atoms with E-state index >= 15 is 0 Å². The molecule has 0 bridgehead atoms. The van der Waals surface area contributed by atoms with Crippen molar-refractivity contribution in [1.29, 1.82) is 0 Å². The first-order chi connectivity index (χ1) is 7.79. The third kappa shape index (κ3) is 2.28. The molecule has 0 saturated heterocycles. The molecule has 4 heteroatoms. The van der Waals surface area contributed by atoms with Crippen LogP contribution in [0.5, 0.6) is 0 Å². The molecule has 82 valence electrons. The topological polar surface area (TPSA) is 55.0 Å². The van der Waals surface area contributed by atoms with Crippen molar-refractivity contribution in [2.45, 2.75) is 6.92 Å². The van der Waals surface area contributed by atoms with Crippen molar-refractivity contribution in [2.24, 2.45) is 0 Å². The van der Waals surface area contributed by atoms with Crippen LogP contribution >= 0.6 is 0 Å². The Morgan fingerprint density at radius 3 is 3.25 bits per heavy atom. The zero-order chi connectivity index (χ0) is 11.4. The molecule has 4 nitrogen and oxygen atoms in total. The minimum atomic E-state index is -0.324. The van der Waals surface area contributed by atoms with Crippen LogP contribution in [0.2, 0.25) is 0 Å². The number of carbonyl (C=O) groups excluding carboxylic acids is 1. The maximum absolute atomic E-state index is 11.1. The van der Waals surface area contributed by atoms with Crippen molar-refractivity contribution in [1.82, 2.24) is 10.2 Å². The molecule has 0 atom stereocenters. The van der Waals surface area contributed by atoms with Crippen molar-refractivity contribution in [3.8, 4) is 0 Å². The molecule has 0 fully saturated rings. The van der Waals surface area contributed by atoms with Gasteiger partial charge in [-0.25, -0.2) is 4.79 Å². The molecule has 0 saturated carbocycles. The number of carbonyl (C=O) groups is 1. The first kappa shape index (κ1) is 10.4. The molecular formula is C12H12N2O2. The fraction of sp³-hybridized carbons (Fsp3) is 0.167. The number of aromatic amines is 1. The molecule has 1 N–H and O–H groups in total. The van der Waals surface area contributed by atoms with Crippen LogP contribution in [0.3, 0.4) is 0 Å². The lowest BCUT2D eigenvalue weighted by Crippen LogP contribution is -1.98. The summed E-state index contributed by atoms with van der Waals surface area (Å²) >= 11 is 0. The fourth-order valence-electron chi connectivity index (χ4n) is 1.42. The smallest absolute Gasteiger partial charge is 0.330 e. The summed E-state index contributed by atoms with van der Waals surface area (Å²) in [5.41, 5.74) is 1.93. The number of H-pyrrole nitrogens is 1. The van der Waals surface area contributed by atoms with Crippen molar-refractivity contribution in [3.05, 3.63) is 36.0 Å². The normalized spacial score (nSPS) is 11.1. The van der Waals surface area contributed by atoms with Crippen LogP contribution in [-0.4, -0.2) is 22.8 Å². The maximum Gasteiger partial charge on any atom is 0.330 e. The summed E-state index contributed by atoms with van der Waals surface area (Å²) in [6.07, 6.45) is 4.90. The van der Waals surface area contributed by atoms with E-state index in [0.29, 0.717) is 6.61 Å². The molecule has 0 radical (unpaired) electrons. The van der Waals surface area contributed by atoms with Gasteiger partial charge in [-0.15, -0.1) is 0 Å². The summed E-state index contributed by atoms with van der Waals surface area (Å²) in [4.78, 5) is 11.1. The molecule has 2 aromatic rings. The van der Waals surface area contributed by atoms with E-state index in [1.807, 2.05) is 18.2 Å². The highest BCUT2D eigenvalue weighted by atomic mass is 16.5. The highest BCUT2D eigenvalue weighted by molar-refractivity contribution is 5.88. The van der Waals surface area contributed by atoms with Gasteiger partial charge < -0.3 is 4.74 Å². The van der Waals surface area contributed by atoms with Crippen LogP contribution < -0.4 is 0 Å². The lowest BCUT2D eigenvalue weighted by Gasteiger charge is -1.95. The summed E-state index contributed by atoms with van der Waals surface area (Å²) in [5, 5.41) is 7.81. The number of nitrogens with one attached hydrogen (secondary N) is 1. The zero-order valence-corrected chi connectivity index (χ0v) is 8.93. The predicted octanol–water partition coefficient (Wildman–Crippen LogP) is 2.14. The molecule has 2 rings (SSSR count). The highest BCUT2D eigenvalue weighted by Gasteiger charge is 1.97. The number of hydrogen-bond acceptors (Lipinski definition) is 3. The van der Waals surface area contributed by atoms with E-state index in [-0.39, 0.29) is 5.97 Å². The summed E-state index contributed by atoms with van der Waals surface area (Å²) in [6, 6.07) is 5.79. The third-order valence-corrected chi connectivity index (χ3v) is 2.16. The van der Waals surface area contributed by atoms with E-state index in [4.69, 9.17) is 4.74 Å². The van der Waals surface area contributed by atoms with Crippen LogP contribution in [0, 0.1) is 0 Å². The zero-order valence-electron chi connectivity index (χ0n) is 8.93. The van der Waals surface area contributed by atoms with E-state index in [1.54, 1.807) is 19.2 Å². The number of fused-ring (bicyclic) bond motifs is 1. The van der Waals surface area contributed by atoms with Crippen LogP contribution in [-0.2, 0) is 9.53 Å². The van der Waals surface area contributed by atoms with Gasteiger partial charge in [-0.3, -0.25) is 5.10 Å². The Labute approximate surface area is 92.9 Å². The van der Waals surface area contributed by atoms with Gasteiger partial charge in [0.05, 0.1) is 18.3 Å². The van der Waals surface area contributed by atoms with E-state index < -0.39 is 0 Å². The number of esters is 1. The van der Waals surface area contributed by atoms with Crippen molar-refractivity contribution < 1.29 is 9.53 Å². The largest absolute Gasteiger partial charge is 0.463 e. The number of nitrogens with zero attached hydrogens (tertiary/aromatic N) is 1. The van der Waals surface area contributed by atoms with E-state index in [1.165, 1.54) is 6.08 Å². The van der Waals surface area contributed by atoms with Crippen molar-refractivity contribution in [2.75, 3.05) is 6.61 Å². The van der Waals surface area contributed by atoms with Crippen molar-refractivity contribution in [3.63, 3.8) is 0 Å². The summed E-state index contributed by atoms with van der Waals surface area (Å²) in [5.74, 6) is -0.324. The minimum absolute atomic E-state index is 0.324. The second-order valence-electron chi connectivity index (χ2n) is 3.30. The van der Waals surface area contributed by atoms with Gasteiger partial charge in [0.25, 0.3) is 0 Å². The predicted molar refractivity (Wildman–Crippen MR) is 61.8 cm³/mol. The number of hydrogen-bond donors (Lipinski definition) is 1. The van der Waals surface area contributed by atoms with E-state index in [2.05, 4.69) is 10.2 Å². The summed E-state index contributed by atoms with van der Waals surface area (Å²) < 4.78 is 4.79. The first-order valence-electron chi connectivity index (χ1n) is 5.07. The molecule has 1 aromatic carbocycles. The Kier molecular flexibility index (Phi) is 3.00. The maximum atomic E-state index is 11.1. The number of benzene rings is 1. The van der Waals surface area contributed by atoms with E-state index in [9.17, 15) is 4.79 Å². The molecule has 0 aliphatic heterocycles. The van der Waals surface area contributed by atoms with Gasteiger partial charge in [0, 0.05) is 11.5 Å². The highest BCUT2D eigenvalue weighted by Crippen LogP contribution is 2.13. The second kappa shape index (κ2) is 4.61. The molecular weight excluding hydrogens is 204 g/mol. The quantitative estimate of drug-likeness (QED) is 0.631. The van der Waals surface area contributed by atoms with Gasteiger partial charge >= 0.3 is 5.97 Å². The number of aromatic nitrogens is 2.